The lowest BCUT2D eigenvalue weighted by molar-refractivity contribution is -0.161. The molecule has 0 radical (unpaired) electrons. The van der Waals surface area contributed by atoms with Gasteiger partial charge in [-0.2, -0.15) is 0 Å². The Hall–Kier alpha value is -4.32. The number of alkyl halides is 1. The third kappa shape index (κ3) is 7.43. The number of aliphatic hydroxyl groups is 1. The molecular weight excluding hydrogens is 738 g/mol. The number of aliphatic hydroxyl groups excluding tert-OH is 1. The fraction of sp³-hybridized carbons (Fsp3) is 0.429. The predicted octanol–water partition coefficient (Wildman–Crippen LogP) is 5.88. The number of hydrogen-bond acceptors (Lipinski definition) is 7. The van der Waals surface area contributed by atoms with E-state index in [9.17, 15) is 19.5 Å². The summed E-state index contributed by atoms with van der Waals surface area (Å²) in [6.45, 7) is 11.4. The van der Waals surface area contributed by atoms with Gasteiger partial charge in [0.1, 0.15) is 17.7 Å². The fourth-order valence-electron chi connectivity index (χ4n) is 8.42. The van der Waals surface area contributed by atoms with Gasteiger partial charge in [0.25, 0.3) is 5.91 Å². The maximum Gasteiger partial charge on any atom is 0.313 e. The van der Waals surface area contributed by atoms with Crippen LogP contribution in [0.2, 0.25) is 0 Å². The van der Waals surface area contributed by atoms with E-state index < -0.39 is 53.6 Å². The first-order valence-electron chi connectivity index (χ1n) is 18.3. The van der Waals surface area contributed by atoms with Gasteiger partial charge < -0.3 is 29.7 Å². The van der Waals surface area contributed by atoms with E-state index in [1.54, 1.807) is 17.1 Å². The monoisotopic (exact) mass is 785 g/mol. The summed E-state index contributed by atoms with van der Waals surface area (Å²) in [7, 11) is 0. The standard InChI is InChI=1S/C42H48BrN3O7/c1-5-7-17-34(48)44-24-33(28-14-9-8-10-15-28)52-41(51)35-36-39(49)46(31(25-47)21-26(3)4)38(42(36)23-32(43)37(35)53-42)40(50)45(20-6-2)30-19-18-27-13-11-12-16-29(27)22-30/h5-6,8-16,18-19,22,26,31-33,35-38,47H,1-2,7,17,20-21,23-25H2,3-4H3,(H,44,48)/t31-,32?,33-,35-,36+,37-,38-,42+/m1/s1. The van der Waals surface area contributed by atoms with Crippen molar-refractivity contribution in [2.75, 3.05) is 24.6 Å². The van der Waals surface area contributed by atoms with Crippen molar-refractivity contribution in [3.63, 3.8) is 0 Å². The number of ether oxygens (including phenoxy) is 2. The lowest BCUT2D eigenvalue weighted by Gasteiger charge is -2.39. The molecule has 3 aliphatic rings. The summed E-state index contributed by atoms with van der Waals surface area (Å²) in [4.78, 5) is 59.9. The number of allylic oxidation sites excluding steroid dienone is 1. The number of nitrogens with zero attached hydrogens (tertiary/aromatic N) is 2. The Kier molecular flexibility index (Phi) is 11.9. The summed E-state index contributed by atoms with van der Waals surface area (Å²) in [5.74, 6) is -3.64. The zero-order valence-corrected chi connectivity index (χ0v) is 31.8. The SMILES string of the molecule is C=CCCC(=O)NC[C@@H](OC(=O)[C@H]1[C@@H]2O[C@@]3(CC2Br)[C@@H]1C(=O)N([C@@H](CO)CC(C)C)[C@@H]3C(=O)N(CC=C)c1ccc2ccccc2c1)c1ccccc1. The number of likely N-dealkylation sites (tertiary alicyclic amines) is 1. The Morgan fingerprint density at radius 3 is 2.47 bits per heavy atom. The zero-order chi connectivity index (χ0) is 37.9. The van der Waals surface area contributed by atoms with Crippen LogP contribution >= 0.6 is 15.9 Å². The lowest BCUT2D eigenvalue weighted by atomic mass is 9.70. The largest absolute Gasteiger partial charge is 0.455 e. The van der Waals surface area contributed by atoms with Crippen LogP contribution in [0, 0.1) is 17.8 Å². The van der Waals surface area contributed by atoms with Crippen molar-refractivity contribution in [3.8, 4) is 0 Å². The average molecular weight is 787 g/mol. The molecule has 1 unspecified atom stereocenters. The number of esters is 1. The average Bonchev–Trinajstić information content (AvgIpc) is 3.76. The van der Waals surface area contributed by atoms with Crippen LogP contribution in [0.15, 0.2) is 98.1 Å². The molecule has 280 valence electrons. The zero-order valence-electron chi connectivity index (χ0n) is 30.2. The Morgan fingerprint density at radius 1 is 1.08 bits per heavy atom. The van der Waals surface area contributed by atoms with E-state index >= 15 is 4.79 Å². The van der Waals surface area contributed by atoms with Crippen molar-refractivity contribution in [1.29, 1.82) is 0 Å². The molecule has 0 aromatic heterocycles. The highest BCUT2D eigenvalue weighted by Crippen LogP contribution is 2.61. The smallest absolute Gasteiger partial charge is 0.313 e. The minimum atomic E-state index is -1.38. The molecule has 3 aromatic rings. The van der Waals surface area contributed by atoms with Gasteiger partial charge in [-0.05, 0) is 53.6 Å². The summed E-state index contributed by atoms with van der Waals surface area (Å²) in [5, 5.41) is 15.6. The first-order chi connectivity index (χ1) is 25.5. The normalized spacial score (nSPS) is 25.6. The van der Waals surface area contributed by atoms with Crippen molar-refractivity contribution < 1.29 is 33.8 Å². The topological polar surface area (TPSA) is 125 Å². The predicted molar refractivity (Wildman–Crippen MR) is 207 cm³/mol. The quantitative estimate of drug-likeness (QED) is 0.106. The van der Waals surface area contributed by atoms with Crippen molar-refractivity contribution in [3.05, 3.63) is 104 Å². The Bertz CT molecular complexity index is 1850. The van der Waals surface area contributed by atoms with Gasteiger partial charge in [-0.25, -0.2) is 0 Å². The molecule has 3 saturated heterocycles. The molecule has 11 heteroatoms. The molecule has 3 fully saturated rings. The number of carbonyl (C=O) groups is 4. The maximum absolute atomic E-state index is 15.2. The van der Waals surface area contributed by atoms with Gasteiger partial charge in [0, 0.05) is 23.5 Å². The minimum Gasteiger partial charge on any atom is -0.455 e. The van der Waals surface area contributed by atoms with E-state index in [4.69, 9.17) is 9.47 Å². The first-order valence-corrected chi connectivity index (χ1v) is 19.2. The number of amides is 3. The molecule has 3 aliphatic heterocycles. The molecule has 6 rings (SSSR count). The fourth-order valence-corrected chi connectivity index (χ4v) is 9.36. The second-order valence-electron chi connectivity index (χ2n) is 14.6. The summed E-state index contributed by atoms with van der Waals surface area (Å²) >= 11 is 3.75. The van der Waals surface area contributed by atoms with Crippen LogP contribution < -0.4 is 10.2 Å². The van der Waals surface area contributed by atoms with Gasteiger partial charge in [0.05, 0.1) is 37.1 Å². The Morgan fingerprint density at radius 2 is 1.79 bits per heavy atom. The third-order valence-corrected chi connectivity index (χ3v) is 11.5. The molecule has 0 saturated carbocycles. The number of carbonyl (C=O) groups excluding carboxylic acids is 4. The first kappa shape index (κ1) is 38.4. The number of nitrogens with one attached hydrogen (secondary N) is 1. The van der Waals surface area contributed by atoms with E-state index in [0.29, 0.717) is 30.5 Å². The second kappa shape index (κ2) is 16.4. The van der Waals surface area contributed by atoms with Crippen LogP contribution in [-0.4, -0.2) is 82.0 Å². The molecule has 10 nitrogen and oxygen atoms in total. The van der Waals surface area contributed by atoms with Gasteiger partial charge in [-0.1, -0.05) is 103 Å². The van der Waals surface area contributed by atoms with Gasteiger partial charge in [0.15, 0.2) is 0 Å². The Balaban J connectivity index is 1.38. The molecule has 3 aromatic carbocycles. The van der Waals surface area contributed by atoms with Crippen molar-refractivity contribution in [1.82, 2.24) is 10.2 Å². The molecule has 1 spiro atoms. The molecule has 3 heterocycles. The summed E-state index contributed by atoms with van der Waals surface area (Å²) in [6, 6.07) is 20.9. The maximum atomic E-state index is 15.2. The van der Waals surface area contributed by atoms with E-state index in [2.05, 4.69) is 34.4 Å². The number of rotatable bonds is 16. The minimum absolute atomic E-state index is 0.0297. The highest BCUT2D eigenvalue weighted by molar-refractivity contribution is 9.09. The molecule has 53 heavy (non-hydrogen) atoms. The molecule has 3 amide bonds. The summed E-state index contributed by atoms with van der Waals surface area (Å²) < 4.78 is 13.0. The van der Waals surface area contributed by atoms with E-state index in [1.165, 1.54) is 4.90 Å². The molecular formula is C42H48BrN3O7. The Labute approximate surface area is 319 Å². The lowest BCUT2D eigenvalue weighted by Crippen LogP contribution is -2.59. The number of halogens is 1. The van der Waals surface area contributed by atoms with Crippen LogP contribution in [0.25, 0.3) is 10.8 Å². The van der Waals surface area contributed by atoms with Crippen LogP contribution in [0.5, 0.6) is 0 Å². The van der Waals surface area contributed by atoms with Gasteiger partial charge in [-0.3, -0.25) is 19.2 Å². The van der Waals surface area contributed by atoms with Crippen LogP contribution in [-0.2, 0) is 28.7 Å². The molecule has 0 aliphatic carbocycles. The number of fused-ring (bicyclic) bond motifs is 2. The second-order valence-corrected chi connectivity index (χ2v) is 15.8. The van der Waals surface area contributed by atoms with Gasteiger partial charge >= 0.3 is 5.97 Å². The van der Waals surface area contributed by atoms with E-state index in [-0.39, 0.29) is 48.7 Å². The number of benzene rings is 3. The summed E-state index contributed by atoms with van der Waals surface area (Å²) in [5.41, 5.74) is -0.0670. The van der Waals surface area contributed by atoms with Gasteiger partial charge in [0.2, 0.25) is 11.8 Å². The third-order valence-electron chi connectivity index (χ3n) is 10.7. The van der Waals surface area contributed by atoms with Crippen molar-refractivity contribution in [2.24, 2.45) is 17.8 Å². The number of anilines is 1. The highest BCUT2D eigenvalue weighted by atomic mass is 79.9. The number of hydrogen-bond donors (Lipinski definition) is 2. The highest BCUT2D eigenvalue weighted by Gasteiger charge is 2.77. The summed E-state index contributed by atoms with van der Waals surface area (Å²) in [6.07, 6.45) is 3.20. The van der Waals surface area contributed by atoms with Crippen LogP contribution in [0.3, 0.4) is 0 Å². The van der Waals surface area contributed by atoms with Gasteiger partial charge in [-0.15, -0.1) is 13.2 Å². The van der Waals surface area contributed by atoms with Crippen molar-refractivity contribution >= 4 is 56.1 Å². The molecule has 2 bridgehead atoms. The van der Waals surface area contributed by atoms with E-state index in [0.717, 1.165) is 10.8 Å². The van der Waals surface area contributed by atoms with Crippen LogP contribution in [0.4, 0.5) is 5.69 Å². The van der Waals surface area contributed by atoms with Crippen molar-refractivity contribution in [2.45, 2.75) is 74.3 Å². The molecule has 2 N–H and O–H groups in total. The van der Waals surface area contributed by atoms with Crippen LogP contribution in [0.1, 0.15) is 51.2 Å². The van der Waals surface area contributed by atoms with E-state index in [1.807, 2.05) is 86.6 Å². The molecule has 8 atom stereocenters.